The van der Waals surface area contributed by atoms with Crippen molar-refractivity contribution in [3.05, 3.63) is 29.7 Å². The van der Waals surface area contributed by atoms with Crippen LogP contribution in [0.3, 0.4) is 0 Å². The number of aromatic nitrogens is 1. The molecule has 1 aromatic carbocycles. The number of methoxy groups -OCH3 is 2. The Kier molecular flexibility index (Phi) is 6.45. The maximum atomic E-state index is 12.5. The first-order valence-electron chi connectivity index (χ1n) is 8.14. The lowest BCUT2D eigenvalue weighted by molar-refractivity contribution is -0.116. The fourth-order valence-electron chi connectivity index (χ4n) is 2.68. The van der Waals surface area contributed by atoms with Gasteiger partial charge in [-0.1, -0.05) is 5.16 Å². The van der Waals surface area contributed by atoms with E-state index in [9.17, 15) is 13.2 Å². The number of amides is 1. The molecule has 0 fully saturated rings. The summed E-state index contributed by atoms with van der Waals surface area (Å²) in [6.45, 7) is 4.56. The highest BCUT2D eigenvalue weighted by Crippen LogP contribution is 2.32. The van der Waals surface area contributed by atoms with E-state index in [1.807, 2.05) is 0 Å². The molecule has 1 aromatic heterocycles. The summed E-state index contributed by atoms with van der Waals surface area (Å²) in [7, 11) is -0.805. The van der Waals surface area contributed by atoms with Crippen molar-refractivity contribution in [1.29, 1.82) is 0 Å². The number of sulfonamides is 1. The van der Waals surface area contributed by atoms with Crippen LogP contribution in [0.5, 0.6) is 11.5 Å². The van der Waals surface area contributed by atoms with Crippen LogP contribution >= 0.6 is 0 Å². The summed E-state index contributed by atoms with van der Waals surface area (Å²) in [4.78, 5) is 13.6. The van der Waals surface area contributed by atoms with Crippen molar-refractivity contribution in [2.24, 2.45) is 0 Å². The quantitative estimate of drug-likeness (QED) is 0.721. The third-order valence-electron chi connectivity index (χ3n) is 3.92. The number of carbonyl (C=O) groups excluding carboxylic acids is 1. The molecule has 0 atom stereocenters. The molecule has 0 radical (unpaired) electrons. The van der Waals surface area contributed by atoms with Crippen molar-refractivity contribution < 1.29 is 27.2 Å². The molecule has 1 N–H and O–H groups in total. The number of nitrogens with zero attached hydrogens (tertiary/aromatic N) is 2. The van der Waals surface area contributed by atoms with Gasteiger partial charge in [-0.15, -0.1) is 0 Å². The summed E-state index contributed by atoms with van der Waals surface area (Å²) >= 11 is 0. The highest BCUT2D eigenvalue weighted by Gasteiger charge is 2.25. The Morgan fingerprint density at radius 3 is 2.48 bits per heavy atom. The molecule has 9 nitrogen and oxygen atoms in total. The first kappa shape index (κ1) is 20.7. The van der Waals surface area contributed by atoms with Gasteiger partial charge in [0.15, 0.2) is 5.76 Å². The molecule has 0 saturated carbocycles. The van der Waals surface area contributed by atoms with E-state index in [4.69, 9.17) is 14.0 Å². The lowest BCUT2D eigenvalue weighted by Crippen LogP contribution is -2.38. The molecule has 1 amide bonds. The van der Waals surface area contributed by atoms with Crippen LogP contribution in [0.25, 0.3) is 0 Å². The van der Waals surface area contributed by atoms with Gasteiger partial charge in [-0.3, -0.25) is 4.79 Å². The molecule has 2 rings (SSSR count). The largest absolute Gasteiger partial charge is 0.497 e. The van der Waals surface area contributed by atoms with Crippen molar-refractivity contribution in [2.75, 3.05) is 32.2 Å². The molecule has 2 aromatic rings. The number of ether oxygens (including phenoxy) is 2. The van der Waals surface area contributed by atoms with E-state index < -0.39 is 10.0 Å². The first-order chi connectivity index (χ1) is 12.7. The van der Waals surface area contributed by atoms with Crippen LogP contribution in [0.1, 0.15) is 18.4 Å². The summed E-state index contributed by atoms with van der Waals surface area (Å²) in [5.41, 5.74) is 0.763. The minimum atomic E-state index is -3.81. The second kappa shape index (κ2) is 8.40. The molecule has 1 heterocycles. The predicted molar refractivity (Wildman–Crippen MR) is 98.7 cm³/mol. The zero-order valence-electron chi connectivity index (χ0n) is 15.9. The van der Waals surface area contributed by atoms with E-state index in [1.54, 1.807) is 25.1 Å². The SMILES string of the molecule is COc1ccc(OC)c(N(CCNS(=O)(=O)c2c(C)noc2C)C(C)=O)c1. The van der Waals surface area contributed by atoms with Crippen LogP contribution in [0.15, 0.2) is 27.6 Å². The molecule has 0 bridgehead atoms. The summed E-state index contributed by atoms with van der Waals surface area (Å²) in [5, 5.41) is 3.65. The third kappa shape index (κ3) is 4.58. The van der Waals surface area contributed by atoms with Gasteiger partial charge in [-0.2, -0.15) is 0 Å². The van der Waals surface area contributed by atoms with Gasteiger partial charge in [0.05, 0.1) is 19.9 Å². The topological polar surface area (TPSA) is 111 Å². The maximum absolute atomic E-state index is 12.5. The van der Waals surface area contributed by atoms with Crippen LogP contribution in [0, 0.1) is 13.8 Å². The average molecular weight is 397 g/mol. The second-order valence-electron chi connectivity index (χ2n) is 5.76. The third-order valence-corrected chi connectivity index (χ3v) is 5.63. The number of anilines is 1. The van der Waals surface area contributed by atoms with Gasteiger partial charge in [0.25, 0.3) is 0 Å². The monoisotopic (exact) mass is 397 g/mol. The number of hydrogen-bond acceptors (Lipinski definition) is 7. The number of benzene rings is 1. The molecular formula is C17H23N3O6S. The fourth-order valence-corrected chi connectivity index (χ4v) is 4.02. The molecule has 10 heteroatoms. The van der Waals surface area contributed by atoms with Gasteiger partial charge in [0, 0.05) is 26.1 Å². The zero-order chi connectivity index (χ0) is 20.2. The average Bonchev–Trinajstić information content (AvgIpc) is 2.97. The van der Waals surface area contributed by atoms with Crippen molar-refractivity contribution in [3.8, 4) is 11.5 Å². The van der Waals surface area contributed by atoms with E-state index in [2.05, 4.69) is 9.88 Å². The normalized spacial score (nSPS) is 11.3. The van der Waals surface area contributed by atoms with E-state index in [0.29, 0.717) is 17.2 Å². The van der Waals surface area contributed by atoms with Gasteiger partial charge in [0.2, 0.25) is 15.9 Å². The molecule has 0 unspecified atom stereocenters. The molecule has 0 aliphatic carbocycles. The van der Waals surface area contributed by atoms with E-state index >= 15 is 0 Å². The maximum Gasteiger partial charge on any atom is 0.246 e. The minimum absolute atomic E-state index is 0.00760. The van der Waals surface area contributed by atoms with E-state index in [1.165, 1.54) is 33.0 Å². The number of rotatable bonds is 8. The predicted octanol–water partition coefficient (Wildman–Crippen LogP) is 1.64. The van der Waals surface area contributed by atoms with Gasteiger partial charge >= 0.3 is 0 Å². The van der Waals surface area contributed by atoms with Gasteiger partial charge < -0.3 is 18.9 Å². The van der Waals surface area contributed by atoms with Gasteiger partial charge in [-0.05, 0) is 26.0 Å². The lowest BCUT2D eigenvalue weighted by atomic mass is 10.2. The van der Waals surface area contributed by atoms with Crippen molar-refractivity contribution in [2.45, 2.75) is 25.7 Å². The van der Waals surface area contributed by atoms with Crippen molar-refractivity contribution in [1.82, 2.24) is 9.88 Å². The molecule has 148 valence electrons. The molecular weight excluding hydrogens is 374 g/mol. The Morgan fingerprint density at radius 2 is 1.96 bits per heavy atom. The molecule has 0 saturated heterocycles. The summed E-state index contributed by atoms with van der Waals surface area (Å²) in [6.07, 6.45) is 0. The number of nitrogens with one attached hydrogen (secondary N) is 1. The highest BCUT2D eigenvalue weighted by molar-refractivity contribution is 7.89. The first-order valence-corrected chi connectivity index (χ1v) is 9.62. The van der Waals surface area contributed by atoms with Crippen LogP contribution in [-0.4, -0.2) is 46.8 Å². The number of hydrogen-bond donors (Lipinski definition) is 1. The highest BCUT2D eigenvalue weighted by atomic mass is 32.2. The number of aryl methyl sites for hydroxylation is 2. The summed E-state index contributed by atoms with van der Waals surface area (Å²) in [6, 6.07) is 5.04. The second-order valence-corrected chi connectivity index (χ2v) is 7.46. The van der Waals surface area contributed by atoms with Crippen LogP contribution < -0.4 is 19.1 Å². The smallest absolute Gasteiger partial charge is 0.246 e. The van der Waals surface area contributed by atoms with E-state index in [-0.39, 0.29) is 35.3 Å². The molecule has 0 spiro atoms. The summed E-state index contributed by atoms with van der Waals surface area (Å²) < 4.78 is 42.9. The Balaban J connectivity index is 2.20. The molecule has 0 aliphatic rings. The Hall–Kier alpha value is -2.59. The zero-order valence-corrected chi connectivity index (χ0v) is 16.7. The van der Waals surface area contributed by atoms with E-state index in [0.717, 1.165) is 0 Å². The van der Waals surface area contributed by atoms with Crippen molar-refractivity contribution >= 4 is 21.6 Å². The Labute approximate surface area is 158 Å². The fraction of sp³-hybridized carbons (Fsp3) is 0.412. The lowest BCUT2D eigenvalue weighted by Gasteiger charge is -2.24. The van der Waals surface area contributed by atoms with Crippen LogP contribution in [0.4, 0.5) is 5.69 Å². The number of carbonyl (C=O) groups is 1. The van der Waals surface area contributed by atoms with Gasteiger partial charge in [0.1, 0.15) is 22.1 Å². The molecule has 0 aliphatic heterocycles. The summed E-state index contributed by atoms with van der Waals surface area (Å²) in [5.74, 6) is 0.962. The Bertz CT molecular complexity index is 903. The minimum Gasteiger partial charge on any atom is -0.497 e. The van der Waals surface area contributed by atoms with Crippen LogP contribution in [0.2, 0.25) is 0 Å². The Morgan fingerprint density at radius 1 is 1.26 bits per heavy atom. The van der Waals surface area contributed by atoms with Crippen LogP contribution in [-0.2, 0) is 14.8 Å². The standard InChI is InChI=1S/C17H23N3O6S/c1-11-17(12(2)26-19-11)27(22,23)18-8-9-20(13(3)21)15-10-14(24-4)6-7-16(15)25-5/h6-7,10,18H,8-9H2,1-5H3. The van der Waals surface area contributed by atoms with Gasteiger partial charge in [-0.25, -0.2) is 13.1 Å². The van der Waals surface area contributed by atoms with Crippen molar-refractivity contribution in [3.63, 3.8) is 0 Å². The molecule has 27 heavy (non-hydrogen) atoms.